The van der Waals surface area contributed by atoms with Gasteiger partial charge in [-0.05, 0) is 55.7 Å². The molecule has 7 heteroatoms. The summed E-state index contributed by atoms with van der Waals surface area (Å²) in [7, 11) is 1.59. The summed E-state index contributed by atoms with van der Waals surface area (Å²) in [5, 5.41) is 0.720. The fourth-order valence-electron chi connectivity index (χ4n) is 4.18. The standard InChI is InChI=1S/C27H29FN2O4/c1-4-11-34-25-10-7-19(13-26(25)32-3)16-30(17-22-6-5-12-33-22)27(31)23-14-20-8-9-21(28)15-24(20)29-18(23)2/h4,7-10,13-15,22H,1,5-6,11-12,16-17H2,2-3H3. The number of aromatic nitrogens is 1. The highest BCUT2D eigenvalue weighted by Crippen LogP contribution is 2.29. The Morgan fingerprint density at radius 2 is 2.12 bits per heavy atom. The first kappa shape index (κ1) is 23.7. The number of ether oxygens (including phenoxy) is 3. The van der Waals surface area contributed by atoms with E-state index in [9.17, 15) is 9.18 Å². The zero-order valence-corrected chi connectivity index (χ0v) is 19.6. The number of carbonyl (C=O) groups is 1. The zero-order chi connectivity index (χ0) is 24.1. The molecule has 1 aliphatic heterocycles. The highest BCUT2D eigenvalue weighted by molar-refractivity contribution is 5.98. The van der Waals surface area contributed by atoms with Crippen LogP contribution in [0.25, 0.3) is 10.9 Å². The van der Waals surface area contributed by atoms with Gasteiger partial charge >= 0.3 is 0 Å². The van der Waals surface area contributed by atoms with Crippen molar-refractivity contribution in [2.45, 2.75) is 32.4 Å². The van der Waals surface area contributed by atoms with Crippen LogP contribution in [-0.2, 0) is 11.3 Å². The van der Waals surface area contributed by atoms with Gasteiger partial charge in [-0.1, -0.05) is 18.7 Å². The van der Waals surface area contributed by atoms with Crippen molar-refractivity contribution in [3.8, 4) is 11.5 Å². The van der Waals surface area contributed by atoms with E-state index in [0.717, 1.165) is 23.8 Å². The fraction of sp³-hybridized carbons (Fsp3) is 0.333. The van der Waals surface area contributed by atoms with Gasteiger partial charge in [-0.15, -0.1) is 0 Å². The minimum atomic E-state index is -0.354. The molecule has 2 heterocycles. The Labute approximate surface area is 199 Å². The molecule has 1 aliphatic rings. The lowest BCUT2D eigenvalue weighted by atomic mass is 10.1. The van der Waals surface area contributed by atoms with Crippen LogP contribution in [-0.4, -0.2) is 48.8 Å². The van der Waals surface area contributed by atoms with E-state index in [1.807, 2.05) is 18.2 Å². The lowest BCUT2D eigenvalue weighted by Gasteiger charge is -2.26. The summed E-state index contributed by atoms with van der Waals surface area (Å²) in [4.78, 5) is 20.0. The second kappa shape index (κ2) is 10.7. The molecule has 2 aromatic carbocycles. The van der Waals surface area contributed by atoms with E-state index in [0.29, 0.717) is 54.6 Å². The maximum atomic E-state index is 13.7. The molecule has 0 aliphatic carbocycles. The predicted molar refractivity (Wildman–Crippen MR) is 129 cm³/mol. The first-order chi connectivity index (χ1) is 16.5. The first-order valence-electron chi connectivity index (χ1n) is 11.4. The number of aryl methyl sites for hydroxylation is 1. The maximum absolute atomic E-state index is 13.7. The predicted octanol–water partition coefficient (Wildman–Crippen LogP) is 5.08. The average Bonchev–Trinajstić information content (AvgIpc) is 3.35. The quantitative estimate of drug-likeness (QED) is 0.414. The summed E-state index contributed by atoms with van der Waals surface area (Å²) in [6, 6.07) is 11.8. The number of methoxy groups -OCH3 is 1. The summed E-state index contributed by atoms with van der Waals surface area (Å²) < 4.78 is 30.6. The van der Waals surface area contributed by atoms with Gasteiger partial charge in [-0.25, -0.2) is 4.39 Å². The zero-order valence-electron chi connectivity index (χ0n) is 19.6. The minimum Gasteiger partial charge on any atom is -0.493 e. The average molecular weight is 465 g/mol. The van der Waals surface area contributed by atoms with Crippen LogP contribution < -0.4 is 9.47 Å². The molecule has 178 valence electrons. The number of benzene rings is 2. The third kappa shape index (κ3) is 5.37. The number of hydrogen-bond acceptors (Lipinski definition) is 5. The van der Waals surface area contributed by atoms with Gasteiger partial charge in [0.2, 0.25) is 0 Å². The number of fused-ring (bicyclic) bond motifs is 1. The van der Waals surface area contributed by atoms with Gasteiger partial charge in [0.15, 0.2) is 11.5 Å². The molecule has 1 amide bonds. The van der Waals surface area contributed by atoms with E-state index in [-0.39, 0.29) is 17.8 Å². The van der Waals surface area contributed by atoms with Crippen molar-refractivity contribution in [2.24, 2.45) is 0 Å². The second-order valence-corrected chi connectivity index (χ2v) is 8.36. The molecule has 6 nitrogen and oxygen atoms in total. The Kier molecular flexibility index (Phi) is 7.43. The number of carbonyl (C=O) groups excluding carboxylic acids is 1. The Morgan fingerprint density at radius 3 is 2.85 bits per heavy atom. The summed E-state index contributed by atoms with van der Waals surface area (Å²) >= 11 is 0. The lowest BCUT2D eigenvalue weighted by Crippen LogP contribution is -2.37. The molecule has 1 fully saturated rings. The molecule has 0 saturated carbocycles. The van der Waals surface area contributed by atoms with Crippen LogP contribution >= 0.6 is 0 Å². The van der Waals surface area contributed by atoms with E-state index in [1.165, 1.54) is 12.1 Å². The van der Waals surface area contributed by atoms with Crippen LogP contribution in [0.3, 0.4) is 0 Å². The normalized spacial score (nSPS) is 15.3. The minimum absolute atomic E-state index is 0.0103. The number of rotatable bonds is 9. The van der Waals surface area contributed by atoms with E-state index in [2.05, 4.69) is 11.6 Å². The number of amides is 1. The number of hydrogen-bond donors (Lipinski definition) is 0. The van der Waals surface area contributed by atoms with Gasteiger partial charge in [-0.2, -0.15) is 0 Å². The van der Waals surface area contributed by atoms with Crippen molar-refractivity contribution in [2.75, 3.05) is 26.9 Å². The van der Waals surface area contributed by atoms with Crippen LogP contribution in [0.5, 0.6) is 11.5 Å². The SMILES string of the molecule is C=CCOc1ccc(CN(CC2CCCO2)C(=O)c2cc3ccc(F)cc3nc2C)cc1OC. The van der Waals surface area contributed by atoms with Crippen molar-refractivity contribution in [1.29, 1.82) is 0 Å². The number of pyridine rings is 1. The summed E-state index contributed by atoms with van der Waals surface area (Å²) in [5.41, 5.74) is 2.49. The largest absolute Gasteiger partial charge is 0.493 e. The molecule has 0 N–H and O–H groups in total. The topological polar surface area (TPSA) is 60.9 Å². The molecular formula is C27H29FN2O4. The Balaban J connectivity index is 1.64. The van der Waals surface area contributed by atoms with Crippen LogP contribution in [0, 0.1) is 12.7 Å². The molecule has 34 heavy (non-hydrogen) atoms. The molecule has 1 saturated heterocycles. The Bertz CT molecular complexity index is 1190. The van der Waals surface area contributed by atoms with Crippen molar-refractivity contribution >= 4 is 16.8 Å². The molecule has 1 atom stereocenters. The molecular weight excluding hydrogens is 435 g/mol. The van der Waals surface area contributed by atoms with Crippen LogP contribution in [0.4, 0.5) is 4.39 Å². The van der Waals surface area contributed by atoms with Crippen LogP contribution in [0.2, 0.25) is 0 Å². The van der Waals surface area contributed by atoms with Crippen LogP contribution in [0.15, 0.2) is 55.1 Å². The van der Waals surface area contributed by atoms with Crippen molar-refractivity contribution in [1.82, 2.24) is 9.88 Å². The Morgan fingerprint density at radius 1 is 1.26 bits per heavy atom. The smallest absolute Gasteiger partial charge is 0.256 e. The molecule has 1 unspecified atom stereocenters. The summed E-state index contributed by atoms with van der Waals surface area (Å²) in [6.45, 7) is 7.36. The summed E-state index contributed by atoms with van der Waals surface area (Å²) in [6.07, 6.45) is 3.56. The molecule has 3 aromatic rings. The van der Waals surface area contributed by atoms with Crippen molar-refractivity contribution < 1.29 is 23.4 Å². The van der Waals surface area contributed by atoms with Gasteiger partial charge in [-0.3, -0.25) is 9.78 Å². The van der Waals surface area contributed by atoms with Crippen LogP contribution in [0.1, 0.15) is 34.5 Å². The van der Waals surface area contributed by atoms with Gasteiger partial charge in [0.1, 0.15) is 12.4 Å². The highest BCUT2D eigenvalue weighted by atomic mass is 19.1. The molecule has 0 radical (unpaired) electrons. The van der Waals surface area contributed by atoms with Gasteiger partial charge < -0.3 is 19.1 Å². The Hall–Kier alpha value is -3.45. The first-order valence-corrected chi connectivity index (χ1v) is 11.4. The van der Waals surface area contributed by atoms with Gasteiger partial charge in [0, 0.05) is 31.1 Å². The van der Waals surface area contributed by atoms with E-state index in [1.54, 1.807) is 37.1 Å². The molecule has 0 bridgehead atoms. The maximum Gasteiger partial charge on any atom is 0.256 e. The molecule has 4 rings (SSSR count). The molecule has 1 aromatic heterocycles. The summed E-state index contributed by atoms with van der Waals surface area (Å²) in [5.74, 6) is 0.713. The highest BCUT2D eigenvalue weighted by Gasteiger charge is 2.25. The number of nitrogens with zero attached hydrogens (tertiary/aromatic N) is 2. The number of halogens is 1. The fourth-order valence-corrected chi connectivity index (χ4v) is 4.18. The van der Waals surface area contributed by atoms with Gasteiger partial charge in [0.25, 0.3) is 5.91 Å². The van der Waals surface area contributed by atoms with E-state index in [4.69, 9.17) is 14.2 Å². The van der Waals surface area contributed by atoms with Gasteiger partial charge in [0.05, 0.1) is 30.0 Å². The monoisotopic (exact) mass is 464 g/mol. The van der Waals surface area contributed by atoms with E-state index >= 15 is 0 Å². The second-order valence-electron chi connectivity index (χ2n) is 8.36. The van der Waals surface area contributed by atoms with E-state index < -0.39 is 0 Å². The third-order valence-corrected chi connectivity index (χ3v) is 5.89. The van der Waals surface area contributed by atoms with Crippen molar-refractivity contribution in [3.63, 3.8) is 0 Å². The third-order valence-electron chi connectivity index (χ3n) is 5.89. The van der Waals surface area contributed by atoms with Crippen molar-refractivity contribution in [3.05, 3.63) is 77.8 Å². The molecule has 0 spiro atoms. The lowest BCUT2D eigenvalue weighted by molar-refractivity contribution is 0.0506.